The van der Waals surface area contributed by atoms with Crippen molar-refractivity contribution in [1.29, 1.82) is 0 Å². The van der Waals surface area contributed by atoms with Crippen molar-refractivity contribution in [2.24, 2.45) is 0 Å². The average molecular weight is 333 g/mol. The van der Waals surface area contributed by atoms with Crippen LogP contribution in [0.25, 0.3) is 0 Å². The van der Waals surface area contributed by atoms with Crippen molar-refractivity contribution in [3.8, 4) is 5.75 Å². The van der Waals surface area contributed by atoms with Crippen LogP contribution in [-0.4, -0.2) is 27.2 Å². The molecule has 0 aliphatic carbocycles. The van der Waals surface area contributed by atoms with Crippen LogP contribution >= 0.6 is 0 Å². The first-order chi connectivity index (χ1) is 10.9. The van der Waals surface area contributed by atoms with Gasteiger partial charge >= 0.3 is 0 Å². The fraction of sp³-hybridized carbons (Fsp3) is 0.235. The van der Waals surface area contributed by atoms with Crippen molar-refractivity contribution < 1.29 is 17.9 Å². The van der Waals surface area contributed by atoms with E-state index in [1.54, 1.807) is 24.3 Å². The van der Waals surface area contributed by atoms with Crippen LogP contribution in [0.4, 0.5) is 0 Å². The standard InChI is InChI=1S/C17H19NO4S/c1-13(14-8-10-16(11-9-14)23(2,20)21)18-17(19)12-22-15-6-4-3-5-7-15/h3-11,13H,12H2,1-2H3,(H,18,19)/t13-/m0/s1. The van der Waals surface area contributed by atoms with Gasteiger partial charge in [0.1, 0.15) is 5.75 Å². The summed E-state index contributed by atoms with van der Waals surface area (Å²) in [5.74, 6) is 0.390. The Hall–Kier alpha value is -2.34. The quantitative estimate of drug-likeness (QED) is 0.881. The molecule has 1 atom stereocenters. The summed E-state index contributed by atoms with van der Waals surface area (Å²) in [6, 6.07) is 15.3. The van der Waals surface area contributed by atoms with Crippen LogP contribution in [0, 0.1) is 0 Å². The van der Waals surface area contributed by atoms with E-state index in [1.807, 2.05) is 25.1 Å². The second kappa shape index (κ2) is 7.28. The van der Waals surface area contributed by atoms with Gasteiger partial charge in [0.2, 0.25) is 0 Å². The van der Waals surface area contributed by atoms with Crippen molar-refractivity contribution >= 4 is 15.7 Å². The minimum Gasteiger partial charge on any atom is -0.484 e. The van der Waals surface area contributed by atoms with E-state index in [4.69, 9.17) is 4.74 Å². The van der Waals surface area contributed by atoms with Crippen LogP contribution in [0.1, 0.15) is 18.5 Å². The summed E-state index contributed by atoms with van der Waals surface area (Å²) in [4.78, 5) is 12.2. The Morgan fingerprint density at radius 2 is 1.70 bits per heavy atom. The molecule has 1 amide bonds. The Morgan fingerprint density at radius 3 is 2.26 bits per heavy atom. The number of rotatable bonds is 6. The number of carbonyl (C=O) groups is 1. The number of benzene rings is 2. The normalized spacial score (nSPS) is 12.4. The van der Waals surface area contributed by atoms with E-state index in [9.17, 15) is 13.2 Å². The highest BCUT2D eigenvalue weighted by atomic mass is 32.2. The van der Waals surface area contributed by atoms with Gasteiger partial charge in [0.25, 0.3) is 5.91 Å². The smallest absolute Gasteiger partial charge is 0.258 e. The SMILES string of the molecule is C[C@H](NC(=O)COc1ccccc1)c1ccc(S(C)(=O)=O)cc1. The zero-order valence-corrected chi connectivity index (χ0v) is 13.8. The molecule has 5 nitrogen and oxygen atoms in total. The molecule has 0 fully saturated rings. The maximum Gasteiger partial charge on any atom is 0.258 e. The molecule has 2 rings (SSSR count). The van der Waals surface area contributed by atoms with E-state index >= 15 is 0 Å². The van der Waals surface area contributed by atoms with Gasteiger partial charge in [-0.2, -0.15) is 0 Å². The second-order valence-electron chi connectivity index (χ2n) is 5.23. The van der Waals surface area contributed by atoms with Gasteiger partial charge in [-0.3, -0.25) is 4.79 Å². The number of ether oxygens (including phenoxy) is 1. The highest BCUT2D eigenvalue weighted by Gasteiger charge is 2.12. The molecule has 122 valence electrons. The van der Waals surface area contributed by atoms with Gasteiger partial charge in [0.05, 0.1) is 10.9 Å². The first-order valence-corrected chi connectivity index (χ1v) is 9.02. The van der Waals surface area contributed by atoms with Gasteiger partial charge < -0.3 is 10.1 Å². The third-order valence-corrected chi connectivity index (χ3v) is 4.43. The van der Waals surface area contributed by atoms with Crippen molar-refractivity contribution in [3.63, 3.8) is 0 Å². The lowest BCUT2D eigenvalue weighted by Crippen LogP contribution is -2.31. The van der Waals surface area contributed by atoms with Crippen LogP contribution in [0.5, 0.6) is 5.75 Å². The van der Waals surface area contributed by atoms with Crippen molar-refractivity contribution in [2.45, 2.75) is 17.9 Å². The van der Waals surface area contributed by atoms with Gasteiger partial charge in [0.15, 0.2) is 16.4 Å². The molecule has 0 saturated heterocycles. The van der Waals surface area contributed by atoms with Crippen molar-refractivity contribution in [2.75, 3.05) is 12.9 Å². The molecule has 6 heteroatoms. The highest BCUT2D eigenvalue weighted by Crippen LogP contribution is 2.16. The molecule has 2 aromatic rings. The van der Waals surface area contributed by atoms with E-state index in [-0.39, 0.29) is 23.5 Å². The molecule has 0 radical (unpaired) electrons. The minimum atomic E-state index is -3.21. The molecule has 0 heterocycles. The molecule has 0 unspecified atom stereocenters. The Bertz CT molecular complexity index is 755. The molecule has 0 saturated carbocycles. The van der Waals surface area contributed by atoms with Crippen molar-refractivity contribution in [1.82, 2.24) is 5.32 Å². The fourth-order valence-corrected chi connectivity index (χ4v) is 2.67. The second-order valence-corrected chi connectivity index (χ2v) is 7.25. The van der Waals surface area contributed by atoms with Crippen LogP contribution in [-0.2, 0) is 14.6 Å². The number of para-hydroxylation sites is 1. The molecule has 1 N–H and O–H groups in total. The van der Waals surface area contributed by atoms with Gasteiger partial charge in [-0.15, -0.1) is 0 Å². The third kappa shape index (κ3) is 5.10. The minimum absolute atomic E-state index is 0.0736. The van der Waals surface area contributed by atoms with Gasteiger partial charge in [0, 0.05) is 6.26 Å². The molecule has 0 spiro atoms. The van der Waals surface area contributed by atoms with Crippen LogP contribution < -0.4 is 10.1 Å². The van der Waals surface area contributed by atoms with Crippen LogP contribution in [0.15, 0.2) is 59.5 Å². The zero-order valence-electron chi connectivity index (χ0n) is 13.0. The lowest BCUT2D eigenvalue weighted by molar-refractivity contribution is -0.123. The number of carbonyl (C=O) groups excluding carboxylic acids is 1. The highest BCUT2D eigenvalue weighted by molar-refractivity contribution is 7.90. The van der Waals surface area contributed by atoms with E-state index in [0.717, 1.165) is 11.8 Å². The van der Waals surface area contributed by atoms with Gasteiger partial charge in [-0.25, -0.2) is 8.42 Å². The molecule has 0 aliphatic rings. The monoisotopic (exact) mass is 333 g/mol. The van der Waals surface area contributed by atoms with Crippen molar-refractivity contribution in [3.05, 3.63) is 60.2 Å². The summed E-state index contributed by atoms with van der Waals surface area (Å²) in [5, 5.41) is 2.81. The molecule has 23 heavy (non-hydrogen) atoms. The Morgan fingerprint density at radius 1 is 1.09 bits per heavy atom. The van der Waals surface area contributed by atoms with E-state index in [1.165, 1.54) is 12.1 Å². The average Bonchev–Trinajstić information content (AvgIpc) is 2.53. The summed E-state index contributed by atoms with van der Waals surface area (Å²) in [5.41, 5.74) is 0.825. The topological polar surface area (TPSA) is 72.5 Å². The lowest BCUT2D eigenvalue weighted by atomic mass is 10.1. The molecular formula is C17H19NO4S. The summed E-state index contributed by atoms with van der Waals surface area (Å²) >= 11 is 0. The predicted molar refractivity (Wildman–Crippen MR) is 88.0 cm³/mol. The van der Waals surface area contributed by atoms with Gasteiger partial charge in [-0.05, 0) is 36.8 Å². The number of amides is 1. The summed E-state index contributed by atoms with van der Waals surface area (Å²) in [6.45, 7) is 1.76. The molecule has 2 aromatic carbocycles. The maximum absolute atomic E-state index is 11.9. The maximum atomic E-state index is 11.9. The fourth-order valence-electron chi connectivity index (χ4n) is 2.04. The number of hydrogen-bond acceptors (Lipinski definition) is 4. The molecule has 0 aliphatic heterocycles. The van der Waals surface area contributed by atoms with Crippen LogP contribution in [0.2, 0.25) is 0 Å². The summed E-state index contributed by atoms with van der Waals surface area (Å²) in [6.07, 6.45) is 1.16. The summed E-state index contributed by atoms with van der Waals surface area (Å²) < 4.78 is 28.2. The van der Waals surface area contributed by atoms with Crippen LogP contribution in [0.3, 0.4) is 0 Å². The molecule has 0 bridgehead atoms. The third-order valence-electron chi connectivity index (χ3n) is 3.30. The zero-order chi connectivity index (χ0) is 16.9. The Labute approximate surface area is 136 Å². The number of sulfone groups is 1. The van der Waals surface area contributed by atoms with E-state index < -0.39 is 9.84 Å². The first-order valence-electron chi connectivity index (χ1n) is 7.13. The first kappa shape index (κ1) is 17.0. The number of hydrogen-bond donors (Lipinski definition) is 1. The van der Waals surface area contributed by atoms with E-state index in [0.29, 0.717) is 5.75 Å². The largest absolute Gasteiger partial charge is 0.484 e. The Kier molecular flexibility index (Phi) is 5.39. The number of nitrogens with one attached hydrogen (secondary N) is 1. The predicted octanol–water partition coefficient (Wildman–Crippen LogP) is 2.35. The molecular weight excluding hydrogens is 314 g/mol. The lowest BCUT2D eigenvalue weighted by Gasteiger charge is -2.15. The Balaban J connectivity index is 1.90. The van der Waals surface area contributed by atoms with Gasteiger partial charge in [-0.1, -0.05) is 30.3 Å². The summed E-state index contributed by atoms with van der Waals surface area (Å²) in [7, 11) is -3.21. The molecule has 0 aromatic heterocycles. The van der Waals surface area contributed by atoms with E-state index in [2.05, 4.69) is 5.32 Å².